The summed E-state index contributed by atoms with van der Waals surface area (Å²) in [6, 6.07) is 0.922. The molecule has 1 atom stereocenters. The lowest BCUT2D eigenvalue weighted by Crippen LogP contribution is -2.50. The molecule has 1 saturated carbocycles. The van der Waals surface area contributed by atoms with E-state index in [-0.39, 0.29) is 5.91 Å². The second-order valence-electron chi connectivity index (χ2n) is 6.37. The van der Waals surface area contributed by atoms with Crippen molar-refractivity contribution in [2.24, 2.45) is 0 Å². The number of ether oxygens (including phenoxy) is 1. The van der Waals surface area contributed by atoms with Gasteiger partial charge in [0.25, 0.3) is 0 Å². The van der Waals surface area contributed by atoms with Crippen molar-refractivity contribution in [1.29, 1.82) is 0 Å². The molecule has 0 aromatic rings. The smallest absolute Gasteiger partial charge is 0.234 e. The molecule has 2 N–H and O–H groups in total. The number of likely N-dealkylation sites (tertiary alicyclic amines) is 1. The van der Waals surface area contributed by atoms with Crippen LogP contribution in [0.25, 0.3) is 0 Å². The van der Waals surface area contributed by atoms with Gasteiger partial charge in [-0.25, -0.2) is 0 Å². The van der Waals surface area contributed by atoms with Crippen LogP contribution in [0.1, 0.15) is 44.9 Å². The molecule has 5 heteroatoms. The van der Waals surface area contributed by atoms with Gasteiger partial charge in [-0.1, -0.05) is 19.3 Å². The first-order valence-electron chi connectivity index (χ1n) is 8.52. The highest BCUT2D eigenvalue weighted by Crippen LogP contribution is 2.18. The van der Waals surface area contributed by atoms with Gasteiger partial charge in [0.2, 0.25) is 5.91 Å². The van der Waals surface area contributed by atoms with Gasteiger partial charge in [0.05, 0.1) is 13.2 Å². The zero-order valence-electron chi connectivity index (χ0n) is 13.4. The van der Waals surface area contributed by atoms with Crippen LogP contribution in [0.2, 0.25) is 0 Å². The van der Waals surface area contributed by atoms with Gasteiger partial charge in [-0.2, -0.15) is 0 Å². The van der Waals surface area contributed by atoms with Crippen LogP contribution in [-0.2, 0) is 9.53 Å². The van der Waals surface area contributed by atoms with Gasteiger partial charge in [0.15, 0.2) is 0 Å². The number of hydrogen-bond acceptors (Lipinski definition) is 4. The Morgan fingerprint density at radius 3 is 2.71 bits per heavy atom. The SMILES string of the molecule is COCCNCC1CCCCN1CC(=O)NC1CCCC1. The lowest BCUT2D eigenvalue weighted by atomic mass is 10.0. The largest absolute Gasteiger partial charge is 0.383 e. The molecular formula is C16H31N3O2. The van der Waals surface area contributed by atoms with Crippen molar-refractivity contribution in [3.05, 3.63) is 0 Å². The first-order chi connectivity index (χ1) is 10.3. The first kappa shape index (κ1) is 16.7. The summed E-state index contributed by atoms with van der Waals surface area (Å²) in [5, 5.41) is 6.64. The fraction of sp³-hybridized carbons (Fsp3) is 0.938. The quantitative estimate of drug-likeness (QED) is 0.660. The molecule has 5 nitrogen and oxygen atoms in total. The molecular weight excluding hydrogens is 266 g/mol. The molecule has 1 heterocycles. The van der Waals surface area contributed by atoms with Crippen molar-refractivity contribution in [2.75, 3.05) is 39.9 Å². The van der Waals surface area contributed by atoms with Crippen LogP contribution in [-0.4, -0.2) is 62.8 Å². The predicted octanol–water partition coefficient (Wildman–Crippen LogP) is 1.14. The number of nitrogens with zero attached hydrogens (tertiary/aromatic N) is 1. The van der Waals surface area contributed by atoms with Crippen LogP contribution < -0.4 is 10.6 Å². The maximum atomic E-state index is 12.2. The third kappa shape index (κ3) is 5.93. The fourth-order valence-corrected chi connectivity index (χ4v) is 3.47. The zero-order valence-corrected chi connectivity index (χ0v) is 13.4. The lowest BCUT2D eigenvalue weighted by molar-refractivity contribution is -0.123. The highest BCUT2D eigenvalue weighted by Gasteiger charge is 2.25. The molecule has 1 amide bonds. The molecule has 21 heavy (non-hydrogen) atoms. The Kier molecular flexibility index (Phi) is 7.47. The molecule has 1 aliphatic carbocycles. The minimum atomic E-state index is 0.214. The average molecular weight is 297 g/mol. The summed E-state index contributed by atoms with van der Waals surface area (Å²) in [7, 11) is 1.72. The Bertz CT molecular complexity index is 306. The summed E-state index contributed by atoms with van der Waals surface area (Å²) in [5.41, 5.74) is 0. The molecule has 122 valence electrons. The molecule has 0 aromatic carbocycles. The molecule has 1 aliphatic heterocycles. The first-order valence-corrected chi connectivity index (χ1v) is 8.52. The predicted molar refractivity (Wildman–Crippen MR) is 84.4 cm³/mol. The highest BCUT2D eigenvalue weighted by molar-refractivity contribution is 5.78. The minimum absolute atomic E-state index is 0.214. The Morgan fingerprint density at radius 2 is 1.95 bits per heavy atom. The normalized spacial score (nSPS) is 24.3. The van der Waals surface area contributed by atoms with Crippen molar-refractivity contribution in [3.63, 3.8) is 0 Å². The van der Waals surface area contributed by atoms with Crippen molar-refractivity contribution in [1.82, 2.24) is 15.5 Å². The van der Waals surface area contributed by atoms with E-state index in [1.165, 1.54) is 32.1 Å². The van der Waals surface area contributed by atoms with Crippen molar-refractivity contribution < 1.29 is 9.53 Å². The number of carbonyl (C=O) groups is 1. The van der Waals surface area contributed by atoms with Crippen molar-refractivity contribution in [2.45, 2.75) is 57.0 Å². The number of rotatable bonds is 8. The van der Waals surface area contributed by atoms with E-state index in [2.05, 4.69) is 15.5 Å². The number of piperidine rings is 1. The van der Waals surface area contributed by atoms with Crippen LogP contribution in [0.4, 0.5) is 0 Å². The molecule has 0 spiro atoms. The molecule has 0 bridgehead atoms. The van der Waals surface area contributed by atoms with E-state index < -0.39 is 0 Å². The van der Waals surface area contributed by atoms with Gasteiger partial charge in [-0.05, 0) is 32.2 Å². The van der Waals surface area contributed by atoms with Gasteiger partial charge in [-0.3, -0.25) is 9.69 Å². The van der Waals surface area contributed by atoms with Gasteiger partial charge >= 0.3 is 0 Å². The summed E-state index contributed by atoms with van der Waals surface area (Å²) in [5.74, 6) is 0.214. The second kappa shape index (κ2) is 9.38. The van der Waals surface area contributed by atoms with Gasteiger partial charge in [0, 0.05) is 32.3 Å². The summed E-state index contributed by atoms with van der Waals surface area (Å²) in [4.78, 5) is 14.6. The van der Waals surface area contributed by atoms with Crippen molar-refractivity contribution in [3.8, 4) is 0 Å². The van der Waals surface area contributed by atoms with Crippen LogP contribution >= 0.6 is 0 Å². The zero-order chi connectivity index (χ0) is 14.9. The van der Waals surface area contributed by atoms with E-state index in [1.54, 1.807) is 7.11 Å². The molecule has 0 radical (unpaired) electrons. The van der Waals surface area contributed by atoms with Crippen LogP contribution in [0.3, 0.4) is 0 Å². The molecule has 1 saturated heterocycles. The number of carbonyl (C=O) groups excluding carboxylic acids is 1. The second-order valence-corrected chi connectivity index (χ2v) is 6.37. The third-order valence-corrected chi connectivity index (χ3v) is 4.68. The summed E-state index contributed by atoms with van der Waals surface area (Å²) in [6.07, 6.45) is 8.53. The summed E-state index contributed by atoms with van der Waals surface area (Å²) < 4.78 is 5.06. The fourth-order valence-electron chi connectivity index (χ4n) is 3.47. The number of hydrogen-bond donors (Lipinski definition) is 2. The summed E-state index contributed by atoms with van der Waals surface area (Å²) >= 11 is 0. The standard InChI is InChI=1S/C16H31N3O2/c1-21-11-9-17-12-15-8-4-5-10-19(15)13-16(20)18-14-6-2-3-7-14/h14-15,17H,2-13H2,1H3,(H,18,20). The van der Waals surface area contributed by atoms with Crippen LogP contribution in [0, 0.1) is 0 Å². The Hall–Kier alpha value is -0.650. The van der Waals surface area contributed by atoms with E-state index >= 15 is 0 Å². The minimum Gasteiger partial charge on any atom is -0.383 e. The van der Waals surface area contributed by atoms with Crippen LogP contribution in [0.15, 0.2) is 0 Å². The highest BCUT2D eigenvalue weighted by atomic mass is 16.5. The van der Waals surface area contributed by atoms with E-state index in [4.69, 9.17) is 4.74 Å². The average Bonchev–Trinajstić information content (AvgIpc) is 2.98. The van der Waals surface area contributed by atoms with Gasteiger partial charge in [0.1, 0.15) is 0 Å². The molecule has 2 fully saturated rings. The van der Waals surface area contributed by atoms with Crippen molar-refractivity contribution >= 4 is 5.91 Å². The lowest BCUT2D eigenvalue weighted by Gasteiger charge is -2.35. The van der Waals surface area contributed by atoms with E-state index in [1.807, 2.05) is 0 Å². The maximum absolute atomic E-state index is 12.2. The van der Waals surface area contributed by atoms with Crippen LogP contribution in [0.5, 0.6) is 0 Å². The molecule has 0 aromatic heterocycles. The number of amides is 1. The Labute approximate surface area is 128 Å². The van der Waals surface area contributed by atoms with E-state index in [0.29, 0.717) is 18.6 Å². The van der Waals surface area contributed by atoms with E-state index in [0.717, 1.165) is 39.1 Å². The van der Waals surface area contributed by atoms with Gasteiger partial charge in [-0.15, -0.1) is 0 Å². The Morgan fingerprint density at radius 1 is 1.19 bits per heavy atom. The molecule has 2 aliphatic rings. The maximum Gasteiger partial charge on any atom is 0.234 e. The molecule has 1 unspecified atom stereocenters. The summed E-state index contributed by atoms with van der Waals surface area (Å²) in [6.45, 7) is 4.20. The monoisotopic (exact) mass is 297 g/mol. The third-order valence-electron chi connectivity index (χ3n) is 4.68. The Balaban J connectivity index is 1.71. The van der Waals surface area contributed by atoms with E-state index in [9.17, 15) is 4.79 Å². The van der Waals surface area contributed by atoms with Gasteiger partial charge < -0.3 is 15.4 Å². The number of methoxy groups -OCH3 is 1. The molecule has 2 rings (SSSR count). The topological polar surface area (TPSA) is 53.6 Å². The number of nitrogens with one attached hydrogen (secondary N) is 2.